The maximum atomic E-state index is 8.63. The summed E-state index contributed by atoms with van der Waals surface area (Å²) >= 11 is 0. The summed E-state index contributed by atoms with van der Waals surface area (Å²) in [5, 5.41) is 8.63. The molecule has 0 aliphatic rings. The smallest absolute Gasteiger partial charge is 0.115 e. The molecule has 22 heavy (non-hydrogen) atoms. The Balaban J connectivity index is 0.000000287. The molecule has 120 valence electrons. The van der Waals surface area contributed by atoms with E-state index in [4.69, 9.17) is 5.11 Å². The molecule has 0 aliphatic heterocycles. The lowest BCUT2D eigenvalue weighted by Gasteiger charge is -2.01. The van der Waals surface area contributed by atoms with Crippen molar-refractivity contribution < 1.29 is 5.11 Å². The first-order valence-corrected chi connectivity index (χ1v) is 8.61. The van der Waals surface area contributed by atoms with Crippen molar-refractivity contribution in [3.8, 4) is 5.75 Å². The molecule has 0 unspecified atom stereocenters. The molecule has 2 rings (SSSR count). The van der Waals surface area contributed by atoms with Crippen molar-refractivity contribution in [3.05, 3.63) is 66.2 Å². The summed E-state index contributed by atoms with van der Waals surface area (Å²) in [7, 11) is 0. The van der Waals surface area contributed by atoms with E-state index in [1.54, 1.807) is 24.3 Å². The highest BCUT2D eigenvalue weighted by atomic mass is 16.3. The monoisotopic (exact) mass is 298 g/mol. The van der Waals surface area contributed by atoms with Crippen LogP contribution in [0.1, 0.15) is 57.4 Å². The minimum atomic E-state index is 0.322. The summed E-state index contributed by atoms with van der Waals surface area (Å²) in [5.74, 6) is 0.322. The van der Waals surface area contributed by atoms with Gasteiger partial charge in [-0.3, -0.25) is 0 Å². The molecule has 0 aromatic heterocycles. The predicted molar refractivity (Wildman–Crippen MR) is 96.2 cm³/mol. The Bertz CT molecular complexity index is 450. The van der Waals surface area contributed by atoms with Crippen LogP contribution in [0.3, 0.4) is 0 Å². The summed E-state index contributed by atoms with van der Waals surface area (Å²) < 4.78 is 0. The minimum Gasteiger partial charge on any atom is -0.508 e. The maximum absolute atomic E-state index is 8.63. The molecule has 0 bridgehead atoms. The zero-order chi connectivity index (χ0) is 15.9. The Morgan fingerprint density at radius 3 is 1.64 bits per heavy atom. The Labute approximate surface area is 136 Å². The Morgan fingerprint density at radius 1 is 0.636 bits per heavy atom. The van der Waals surface area contributed by atoms with Gasteiger partial charge in [0.25, 0.3) is 0 Å². The first-order valence-electron chi connectivity index (χ1n) is 8.61. The average molecular weight is 298 g/mol. The number of phenolic OH excluding ortho intramolecular Hbond substituents is 1. The highest BCUT2D eigenvalue weighted by Crippen LogP contribution is 2.10. The fraction of sp³-hybridized carbons (Fsp3) is 0.429. The van der Waals surface area contributed by atoms with Crippen LogP contribution in [0.2, 0.25) is 0 Å². The summed E-state index contributed by atoms with van der Waals surface area (Å²) in [5.41, 5.74) is 1.49. The SMILES string of the molecule is CCCCCCCCCc1ccccc1.Oc1ccccc1. The standard InChI is InChI=1S/C15H24.C6H6O/c1-2-3-4-5-6-7-9-12-15-13-10-8-11-14-15;7-6-4-2-1-3-5-6/h8,10-11,13-14H,2-7,9,12H2,1H3;1-5,7H. The van der Waals surface area contributed by atoms with Crippen molar-refractivity contribution in [3.63, 3.8) is 0 Å². The van der Waals surface area contributed by atoms with Gasteiger partial charge in [-0.2, -0.15) is 0 Å². The summed E-state index contributed by atoms with van der Waals surface area (Å²) in [6.07, 6.45) is 11.1. The fourth-order valence-electron chi connectivity index (χ4n) is 2.36. The third kappa shape index (κ3) is 10.0. The maximum Gasteiger partial charge on any atom is 0.115 e. The highest BCUT2D eigenvalue weighted by molar-refractivity contribution is 5.18. The second-order valence-electron chi connectivity index (χ2n) is 5.69. The number of para-hydroxylation sites is 1. The lowest BCUT2D eigenvalue weighted by Crippen LogP contribution is -1.85. The van der Waals surface area contributed by atoms with E-state index < -0.39 is 0 Å². The topological polar surface area (TPSA) is 20.2 Å². The second-order valence-corrected chi connectivity index (χ2v) is 5.69. The van der Waals surface area contributed by atoms with Crippen molar-refractivity contribution in [2.24, 2.45) is 0 Å². The molecule has 1 nitrogen and oxygen atoms in total. The van der Waals surface area contributed by atoms with Gasteiger partial charge >= 0.3 is 0 Å². The normalized spacial score (nSPS) is 9.86. The Hall–Kier alpha value is -1.76. The van der Waals surface area contributed by atoms with Crippen molar-refractivity contribution in [1.82, 2.24) is 0 Å². The van der Waals surface area contributed by atoms with Crippen molar-refractivity contribution in [2.45, 2.75) is 58.3 Å². The molecule has 0 saturated carbocycles. The van der Waals surface area contributed by atoms with E-state index in [0.29, 0.717) is 5.75 Å². The minimum absolute atomic E-state index is 0.322. The molecule has 0 spiro atoms. The second kappa shape index (κ2) is 12.9. The first kappa shape index (κ1) is 18.3. The summed E-state index contributed by atoms with van der Waals surface area (Å²) in [4.78, 5) is 0. The molecule has 2 aromatic rings. The van der Waals surface area contributed by atoms with Gasteiger partial charge in [0.1, 0.15) is 5.75 Å². The number of rotatable bonds is 8. The zero-order valence-corrected chi connectivity index (χ0v) is 13.9. The number of hydrogen-bond donors (Lipinski definition) is 1. The van der Waals surface area contributed by atoms with E-state index in [1.165, 1.54) is 56.9 Å². The van der Waals surface area contributed by atoms with Crippen LogP contribution in [-0.4, -0.2) is 5.11 Å². The van der Waals surface area contributed by atoms with Crippen LogP contribution in [0.15, 0.2) is 60.7 Å². The molecule has 0 amide bonds. The van der Waals surface area contributed by atoms with Gasteiger partial charge in [-0.05, 0) is 30.5 Å². The molecular formula is C21H30O. The number of benzene rings is 2. The van der Waals surface area contributed by atoms with Gasteiger partial charge in [0.05, 0.1) is 0 Å². The number of unbranched alkanes of at least 4 members (excludes halogenated alkanes) is 6. The molecule has 0 heterocycles. The largest absolute Gasteiger partial charge is 0.508 e. The number of phenols is 1. The molecule has 2 aromatic carbocycles. The van der Waals surface area contributed by atoms with Gasteiger partial charge in [0.15, 0.2) is 0 Å². The highest BCUT2D eigenvalue weighted by Gasteiger charge is 1.93. The molecule has 0 saturated heterocycles. The fourth-order valence-corrected chi connectivity index (χ4v) is 2.36. The predicted octanol–water partition coefficient (Wildman–Crippen LogP) is 6.37. The van der Waals surface area contributed by atoms with Gasteiger partial charge in [0, 0.05) is 0 Å². The zero-order valence-electron chi connectivity index (χ0n) is 13.9. The van der Waals surface area contributed by atoms with E-state index >= 15 is 0 Å². The quantitative estimate of drug-likeness (QED) is 0.561. The van der Waals surface area contributed by atoms with Gasteiger partial charge in [-0.15, -0.1) is 0 Å². The lowest BCUT2D eigenvalue weighted by atomic mass is 10.0. The van der Waals surface area contributed by atoms with E-state index in [-0.39, 0.29) is 0 Å². The van der Waals surface area contributed by atoms with Crippen LogP contribution in [0.4, 0.5) is 0 Å². The first-order chi connectivity index (χ1) is 10.8. The molecule has 0 aliphatic carbocycles. The molecule has 1 heteroatoms. The number of aryl methyl sites for hydroxylation is 1. The molecular weight excluding hydrogens is 268 g/mol. The lowest BCUT2D eigenvalue weighted by molar-refractivity contribution is 0.475. The third-order valence-corrected chi connectivity index (χ3v) is 3.67. The number of hydrogen-bond acceptors (Lipinski definition) is 1. The molecule has 0 fully saturated rings. The number of aromatic hydroxyl groups is 1. The summed E-state index contributed by atoms with van der Waals surface area (Å²) in [6.45, 7) is 2.27. The van der Waals surface area contributed by atoms with Gasteiger partial charge < -0.3 is 5.11 Å². The Morgan fingerprint density at radius 2 is 1.14 bits per heavy atom. The van der Waals surface area contributed by atoms with Crippen LogP contribution in [0.25, 0.3) is 0 Å². The van der Waals surface area contributed by atoms with Gasteiger partial charge in [-0.25, -0.2) is 0 Å². The third-order valence-electron chi connectivity index (χ3n) is 3.67. The van der Waals surface area contributed by atoms with E-state index in [0.717, 1.165) is 0 Å². The van der Waals surface area contributed by atoms with Crippen LogP contribution in [-0.2, 0) is 6.42 Å². The van der Waals surface area contributed by atoms with Crippen LogP contribution in [0.5, 0.6) is 5.75 Å². The van der Waals surface area contributed by atoms with E-state index in [2.05, 4.69) is 37.3 Å². The molecule has 1 N–H and O–H groups in total. The van der Waals surface area contributed by atoms with Crippen molar-refractivity contribution in [2.75, 3.05) is 0 Å². The van der Waals surface area contributed by atoms with Crippen molar-refractivity contribution in [1.29, 1.82) is 0 Å². The van der Waals surface area contributed by atoms with Crippen molar-refractivity contribution >= 4 is 0 Å². The van der Waals surface area contributed by atoms with Gasteiger partial charge in [-0.1, -0.05) is 94.0 Å². The van der Waals surface area contributed by atoms with Gasteiger partial charge in [0.2, 0.25) is 0 Å². The van der Waals surface area contributed by atoms with Crippen LogP contribution in [0, 0.1) is 0 Å². The molecule has 0 atom stereocenters. The van der Waals surface area contributed by atoms with E-state index in [9.17, 15) is 0 Å². The summed E-state index contributed by atoms with van der Waals surface area (Å²) in [6, 6.07) is 19.5. The van der Waals surface area contributed by atoms with E-state index in [1.807, 2.05) is 6.07 Å². The van der Waals surface area contributed by atoms with Crippen LogP contribution >= 0.6 is 0 Å². The average Bonchev–Trinajstić information content (AvgIpc) is 2.56. The van der Waals surface area contributed by atoms with Crippen LogP contribution < -0.4 is 0 Å². The molecule has 0 radical (unpaired) electrons. The Kier molecular flexibility index (Phi) is 10.8.